The zero-order valence-corrected chi connectivity index (χ0v) is 15.0. The van der Waals surface area contributed by atoms with Crippen LogP contribution in [-0.4, -0.2) is 32.6 Å². The third-order valence-electron chi connectivity index (χ3n) is 3.86. The van der Waals surface area contributed by atoms with Crippen LogP contribution in [0.2, 0.25) is 0 Å². The van der Waals surface area contributed by atoms with Crippen LogP contribution in [0.5, 0.6) is 0 Å². The maximum Gasteiger partial charge on any atom is 0.295 e. The maximum atomic E-state index is 13.4. The first-order valence-corrected chi connectivity index (χ1v) is 8.49. The monoisotopic (exact) mass is 383 g/mol. The van der Waals surface area contributed by atoms with Crippen LogP contribution in [0.3, 0.4) is 0 Å². The first-order valence-electron chi connectivity index (χ1n) is 8.49. The van der Waals surface area contributed by atoms with Crippen molar-refractivity contribution in [2.45, 2.75) is 13.0 Å². The molecule has 1 atom stereocenters. The second kappa shape index (κ2) is 8.40. The van der Waals surface area contributed by atoms with E-state index >= 15 is 0 Å². The molecule has 0 saturated carbocycles. The number of aliphatic hydroxyl groups is 1. The Morgan fingerprint density at radius 1 is 1.18 bits per heavy atom. The van der Waals surface area contributed by atoms with Gasteiger partial charge in [-0.05, 0) is 19.1 Å². The standard InChI is InChI=1S/C19H18FN5O3/c1-12(11-26)21-19-23-16(13-5-3-2-4-6-13)10-18(24-19)22-15-8-7-14(20)9-17(15)25(27)28/h2-10,12,26H,11H2,1H3,(H2,21,22,23,24)/t12-/m0/s1. The Morgan fingerprint density at radius 2 is 1.93 bits per heavy atom. The van der Waals surface area contributed by atoms with Crippen molar-refractivity contribution in [1.82, 2.24) is 9.97 Å². The van der Waals surface area contributed by atoms with Gasteiger partial charge in [0.1, 0.15) is 17.3 Å². The molecule has 3 N–H and O–H groups in total. The van der Waals surface area contributed by atoms with Crippen LogP contribution in [0.4, 0.5) is 27.5 Å². The third-order valence-corrected chi connectivity index (χ3v) is 3.86. The van der Waals surface area contributed by atoms with Gasteiger partial charge in [0.25, 0.3) is 5.69 Å². The van der Waals surface area contributed by atoms with Crippen LogP contribution in [0, 0.1) is 15.9 Å². The number of hydrogen-bond acceptors (Lipinski definition) is 7. The summed E-state index contributed by atoms with van der Waals surface area (Å²) in [7, 11) is 0. The fourth-order valence-corrected chi connectivity index (χ4v) is 2.50. The van der Waals surface area contributed by atoms with Crippen molar-refractivity contribution >= 4 is 23.1 Å². The molecule has 2 aromatic carbocycles. The van der Waals surface area contributed by atoms with Crippen molar-refractivity contribution in [3.8, 4) is 11.3 Å². The molecule has 1 aromatic heterocycles. The van der Waals surface area contributed by atoms with Gasteiger partial charge in [0, 0.05) is 17.7 Å². The first kappa shape index (κ1) is 19.2. The van der Waals surface area contributed by atoms with Crippen LogP contribution >= 0.6 is 0 Å². The molecule has 28 heavy (non-hydrogen) atoms. The van der Waals surface area contributed by atoms with Gasteiger partial charge in [0.05, 0.1) is 23.3 Å². The first-order chi connectivity index (χ1) is 13.5. The molecule has 0 aliphatic carbocycles. The summed E-state index contributed by atoms with van der Waals surface area (Å²) in [6, 6.07) is 13.9. The zero-order chi connectivity index (χ0) is 20.1. The van der Waals surface area contributed by atoms with E-state index in [-0.39, 0.29) is 30.1 Å². The number of halogens is 1. The fraction of sp³-hybridized carbons (Fsp3) is 0.158. The lowest BCUT2D eigenvalue weighted by atomic mass is 10.1. The van der Waals surface area contributed by atoms with E-state index in [0.29, 0.717) is 5.69 Å². The van der Waals surface area contributed by atoms with E-state index in [4.69, 9.17) is 0 Å². The van der Waals surface area contributed by atoms with E-state index in [9.17, 15) is 19.6 Å². The third kappa shape index (κ3) is 4.57. The average Bonchev–Trinajstić information content (AvgIpc) is 2.69. The van der Waals surface area contributed by atoms with Gasteiger partial charge in [-0.3, -0.25) is 10.1 Å². The molecule has 0 saturated heterocycles. The molecule has 0 radical (unpaired) electrons. The molecule has 0 amide bonds. The Labute approximate surface area is 160 Å². The molecule has 1 heterocycles. The molecule has 0 unspecified atom stereocenters. The predicted molar refractivity (Wildman–Crippen MR) is 104 cm³/mol. The number of aliphatic hydroxyl groups excluding tert-OH is 1. The quantitative estimate of drug-likeness (QED) is 0.421. The highest BCUT2D eigenvalue weighted by Crippen LogP contribution is 2.29. The molecule has 9 heteroatoms. The molecule has 8 nitrogen and oxygen atoms in total. The number of nitro groups is 1. The second-order valence-corrected chi connectivity index (χ2v) is 6.10. The number of anilines is 3. The van der Waals surface area contributed by atoms with E-state index in [0.717, 1.165) is 17.7 Å². The number of rotatable bonds is 7. The maximum absolute atomic E-state index is 13.4. The van der Waals surface area contributed by atoms with E-state index in [1.165, 1.54) is 6.07 Å². The van der Waals surface area contributed by atoms with Gasteiger partial charge >= 0.3 is 0 Å². The number of nitro benzene ring substituents is 1. The molecule has 0 bridgehead atoms. The number of aromatic nitrogens is 2. The molecule has 0 fully saturated rings. The Morgan fingerprint density at radius 3 is 2.61 bits per heavy atom. The zero-order valence-electron chi connectivity index (χ0n) is 15.0. The van der Waals surface area contributed by atoms with Gasteiger partial charge in [-0.15, -0.1) is 0 Å². The Bertz CT molecular complexity index is 985. The highest BCUT2D eigenvalue weighted by atomic mass is 19.1. The molecule has 3 rings (SSSR count). The van der Waals surface area contributed by atoms with Crippen molar-refractivity contribution in [3.63, 3.8) is 0 Å². The summed E-state index contributed by atoms with van der Waals surface area (Å²) in [5.74, 6) is -0.171. The summed E-state index contributed by atoms with van der Waals surface area (Å²) in [5.41, 5.74) is 1.10. The minimum absolute atomic E-state index is 0.102. The topological polar surface area (TPSA) is 113 Å². The summed E-state index contributed by atoms with van der Waals surface area (Å²) >= 11 is 0. The Balaban J connectivity index is 2.03. The number of benzene rings is 2. The molecule has 144 valence electrons. The summed E-state index contributed by atoms with van der Waals surface area (Å²) in [6.07, 6.45) is 0. The van der Waals surface area contributed by atoms with Gasteiger partial charge in [-0.25, -0.2) is 9.37 Å². The highest BCUT2D eigenvalue weighted by Gasteiger charge is 2.17. The molecule has 3 aromatic rings. The van der Waals surface area contributed by atoms with Crippen LogP contribution in [0.25, 0.3) is 11.3 Å². The summed E-state index contributed by atoms with van der Waals surface area (Å²) < 4.78 is 13.4. The summed E-state index contributed by atoms with van der Waals surface area (Å²) in [6.45, 7) is 1.64. The van der Waals surface area contributed by atoms with Crippen molar-refractivity contribution in [2.24, 2.45) is 0 Å². The van der Waals surface area contributed by atoms with Gasteiger partial charge in [0.2, 0.25) is 5.95 Å². The summed E-state index contributed by atoms with van der Waals surface area (Å²) in [5, 5.41) is 26.3. The Hall–Kier alpha value is -3.59. The molecule has 0 aliphatic rings. The average molecular weight is 383 g/mol. The van der Waals surface area contributed by atoms with Gasteiger partial charge in [-0.1, -0.05) is 30.3 Å². The highest BCUT2D eigenvalue weighted by molar-refractivity contribution is 5.71. The smallest absolute Gasteiger partial charge is 0.295 e. The van der Waals surface area contributed by atoms with Crippen molar-refractivity contribution in [2.75, 3.05) is 17.2 Å². The lowest BCUT2D eigenvalue weighted by molar-refractivity contribution is -0.384. The van der Waals surface area contributed by atoms with E-state index in [1.54, 1.807) is 13.0 Å². The van der Waals surface area contributed by atoms with E-state index < -0.39 is 16.4 Å². The fourth-order valence-electron chi connectivity index (χ4n) is 2.50. The number of hydrogen-bond donors (Lipinski definition) is 3. The number of nitrogens with one attached hydrogen (secondary N) is 2. The van der Waals surface area contributed by atoms with Crippen LogP contribution in [-0.2, 0) is 0 Å². The normalized spacial score (nSPS) is 11.7. The molecular weight excluding hydrogens is 365 g/mol. The lowest BCUT2D eigenvalue weighted by Gasteiger charge is -2.14. The van der Waals surface area contributed by atoms with Crippen LogP contribution in [0.15, 0.2) is 54.6 Å². The van der Waals surface area contributed by atoms with Gasteiger partial charge < -0.3 is 15.7 Å². The van der Waals surface area contributed by atoms with E-state index in [2.05, 4.69) is 20.6 Å². The van der Waals surface area contributed by atoms with Crippen molar-refractivity contribution < 1.29 is 14.4 Å². The number of nitrogens with zero attached hydrogens (tertiary/aromatic N) is 3. The molecule has 0 spiro atoms. The predicted octanol–water partition coefficient (Wildman–Crippen LogP) is 3.73. The Kier molecular flexibility index (Phi) is 5.75. The minimum atomic E-state index is -0.705. The van der Waals surface area contributed by atoms with Crippen molar-refractivity contribution in [3.05, 3.63) is 70.5 Å². The van der Waals surface area contributed by atoms with E-state index in [1.807, 2.05) is 30.3 Å². The summed E-state index contributed by atoms with van der Waals surface area (Å²) in [4.78, 5) is 19.3. The van der Waals surface area contributed by atoms with Crippen molar-refractivity contribution in [1.29, 1.82) is 0 Å². The molecular formula is C19H18FN5O3. The lowest BCUT2D eigenvalue weighted by Crippen LogP contribution is -2.21. The van der Waals surface area contributed by atoms with Gasteiger partial charge in [-0.2, -0.15) is 4.98 Å². The van der Waals surface area contributed by atoms with Crippen LogP contribution in [0.1, 0.15) is 6.92 Å². The largest absolute Gasteiger partial charge is 0.394 e. The minimum Gasteiger partial charge on any atom is -0.394 e. The molecule has 0 aliphatic heterocycles. The van der Waals surface area contributed by atoms with Crippen LogP contribution < -0.4 is 10.6 Å². The second-order valence-electron chi connectivity index (χ2n) is 6.10. The van der Waals surface area contributed by atoms with Gasteiger partial charge in [0.15, 0.2) is 0 Å². The SMILES string of the molecule is C[C@@H](CO)Nc1nc(Nc2ccc(F)cc2[N+](=O)[O-])cc(-c2ccccc2)n1.